The summed E-state index contributed by atoms with van der Waals surface area (Å²) < 4.78 is 23.1. The Morgan fingerprint density at radius 1 is 1.44 bits per heavy atom. The molecule has 4 nitrogen and oxygen atoms in total. The van der Waals surface area contributed by atoms with Crippen LogP contribution in [0.3, 0.4) is 0 Å². The number of rotatable bonds is 3. The molecule has 0 amide bonds. The number of ether oxygens (including phenoxy) is 2. The minimum Gasteiger partial charge on any atom is -0.490 e. The maximum Gasteiger partial charge on any atom is 0.325 e. The Kier molecular flexibility index (Phi) is 3.52. The molecule has 18 heavy (non-hydrogen) atoms. The Morgan fingerprint density at radius 2 is 2.11 bits per heavy atom. The highest BCUT2D eigenvalue weighted by Crippen LogP contribution is 2.31. The third-order valence-electron chi connectivity index (χ3n) is 3.21. The molecule has 1 saturated carbocycles. The molecular formula is C13H16FNO3. The smallest absolute Gasteiger partial charge is 0.325 e. The van der Waals surface area contributed by atoms with Crippen LogP contribution in [0, 0.1) is 5.82 Å². The molecule has 2 N–H and O–H groups in total. The first-order valence-corrected chi connectivity index (χ1v) is 5.83. The topological polar surface area (TPSA) is 61.5 Å². The van der Waals surface area contributed by atoms with E-state index in [4.69, 9.17) is 10.5 Å². The van der Waals surface area contributed by atoms with Gasteiger partial charge in [-0.1, -0.05) is 0 Å². The molecule has 98 valence electrons. The second-order valence-electron chi connectivity index (χ2n) is 4.58. The number of hydrogen-bond acceptors (Lipinski definition) is 4. The van der Waals surface area contributed by atoms with Gasteiger partial charge in [0, 0.05) is 6.42 Å². The molecule has 0 aliphatic heterocycles. The summed E-state index contributed by atoms with van der Waals surface area (Å²) in [5.74, 6) is -0.139. The van der Waals surface area contributed by atoms with E-state index in [2.05, 4.69) is 4.74 Å². The first kappa shape index (κ1) is 12.8. The van der Waals surface area contributed by atoms with E-state index in [0.29, 0.717) is 25.0 Å². The molecule has 1 fully saturated rings. The Bertz CT molecular complexity index is 434. The maximum absolute atomic E-state index is 12.7. The lowest BCUT2D eigenvalue weighted by Gasteiger charge is -2.20. The average molecular weight is 253 g/mol. The van der Waals surface area contributed by atoms with Gasteiger partial charge in [-0.2, -0.15) is 0 Å². The Labute approximate surface area is 105 Å². The van der Waals surface area contributed by atoms with Gasteiger partial charge < -0.3 is 15.2 Å². The first-order valence-electron chi connectivity index (χ1n) is 5.83. The largest absolute Gasteiger partial charge is 0.490 e. The van der Waals surface area contributed by atoms with Crippen LogP contribution in [0.15, 0.2) is 24.3 Å². The Hall–Kier alpha value is -1.62. The van der Waals surface area contributed by atoms with Gasteiger partial charge in [-0.05, 0) is 37.1 Å². The highest BCUT2D eigenvalue weighted by molar-refractivity contribution is 5.80. The summed E-state index contributed by atoms with van der Waals surface area (Å²) in [5, 5.41) is 0. The molecular weight excluding hydrogens is 237 g/mol. The summed E-state index contributed by atoms with van der Waals surface area (Å²) in [6.07, 6.45) is 1.49. The van der Waals surface area contributed by atoms with Crippen molar-refractivity contribution in [1.82, 2.24) is 0 Å². The van der Waals surface area contributed by atoms with Crippen LogP contribution in [0.5, 0.6) is 5.75 Å². The lowest BCUT2D eigenvalue weighted by Crippen LogP contribution is -2.47. The highest BCUT2D eigenvalue weighted by atomic mass is 19.1. The molecule has 0 heterocycles. The van der Waals surface area contributed by atoms with Crippen molar-refractivity contribution in [3.63, 3.8) is 0 Å². The molecule has 0 aromatic heterocycles. The molecule has 1 aromatic carbocycles. The van der Waals surface area contributed by atoms with Crippen molar-refractivity contribution in [3.05, 3.63) is 30.1 Å². The molecule has 1 aliphatic carbocycles. The van der Waals surface area contributed by atoms with Crippen LogP contribution in [-0.2, 0) is 9.53 Å². The lowest BCUT2D eigenvalue weighted by molar-refractivity contribution is -0.147. The highest BCUT2D eigenvalue weighted by Gasteiger charge is 2.44. The van der Waals surface area contributed by atoms with E-state index >= 15 is 0 Å². The second-order valence-corrected chi connectivity index (χ2v) is 4.58. The van der Waals surface area contributed by atoms with E-state index in [1.807, 2.05) is 0 Å². The molecule has 2 rings (SSSR count). The number of benzene rings is 1. The predicted molar refractivity (Wildman–Crippen MR) is 63.6 cm³/mol. The van der Waals surface area contributed by atoms with E-state index in [-0.39, 0.29) is 11.9 Å². The summed E-state index contributed by atoms with van der Waals surface area (Å²) in [6.45, 7) is 0. The van der Waals surface area contributed by atoms with E-state index in [1.165, 1.54) is 19.2 Å². The van der Waals surface area contributed by atoms with Gasteiger partial charge in [0.15, 0.2) is 0 Å². The summed E-state index contributed by atoms with van der Waals surface area (Å²) in [6, 6.07) is 5.79. The zero-order valence-electron chi connectivity index (χ0n) is 10.2. The van der Waals surface area contributed by atoms with Gasteiger partial charge in [0.25, 0.3) is 0 Å². The third-order valence-corrected chi connectivity index (χ3v) is 3.21. The third kappa shape index (κ3) is 2.61. The molecule has 2 atom stereocenters. The summed E-state index contributed by atoms with van der Waals surface area (Å²) in [5.41, 5.74) is 5.01. The number of nitrogens with two attached hydrogens (primary N) is 1. The zero-order valence-corrected chi connectivity index (χ0v) is 10.2. The van der Waals surface area contributed by atoms with Crippen molar-refractivity contribution >= 4 is 5.97 Å². The molecule has 1 aliphatic rings. The fourth-order valence-electron chi connectivity index (χ4n) is 2.22. The standard InChI is InChI=1S/C13H16FNO3/c1-17-12(16)13(15)7-6-11(8-13)18-10-4-2-9(14)3-5-10/h2-5,11H,6-8,15H2,1H3. The van der Waals surface area contributed by atoms with Crippen LogP contribution in [-0.4, -0.2) is 24.7 Å². The van der Waals surface area contributed by atoms with Gasteiger partial charge in [-0.25, -0.2) is 4.39 Å². The summed E-state index contributed by atoms with van der Waals surface area (Å²) in [4.78, 5) is 11.5. The zero-order chi connectivity index (χ0) is 13.2. The van der Waals surface area contributed by atoms with Crippen molar-refractivity contribution in [2.75, 3.05) is 7.11 Å². The maximum atomic E-state index is 12.7. The van der Waals surface area contributed by atoms with Crippen molar-refractivity contribution < 1.29 is 18.7 Å². The van der Waals surface area contributed by atoms with Crippen LogP contribution in [0.2, 0.25) is 0 Å². The van der Waals surface area contributed by atoms with Crippen molar-refractivity contribution in [2.24, 2.45) is 5.73 Å². The number of carbonyl (C=O) groups is 1. The normalized spacial score (nSPS) is 26.9. The van der Waals surface area contributed by atoms with Gasteiger partial charge >= 0.3 is 5.97 Å². The van der Waals surface area contributed by atoms with E-state index in [0.717, 1.165) is 0 Å². The monoisotopic (exact) mass is 253 g/mol. The van der Waals surface area contributed by atoms with Crippen molar-refractivity contribution in [3.8, 4) is 5.75 Å². The van der Waals surface area contributed by atoms with E-state index < -0.39 is 11.5 Å². The van der Waals surface area contributed by atoms with Crippen LogP contribution in [0.4, 0.5) is 4.39 Å². The molecule has 5 heteroatoms. The average Bonchev–Trinajstić information content (AvgIpc) is 2.74. The molecule has 0 saturated heterocycles. The van der Waals surface area contributed by atoms with Crippen molar-refractivity contribution in [1.29, 1.82) is 0 Å². The lowest BCUT2D eigenvalue weighted by atomic mass is 10.00. The molecule has 2 unspecified atom stereocenters. The van der Waals surface area contributed by atoms with Crippen LogP contribution < -0.4 is 10.5 Å². The van der Waals surface area contributed by atoms with Gasteiger partial charge in [-0.15, -0.1) is 0 Å². The first-order chi connectivity index (χ1) is 8.53. The SMILES string of the molecule is COC(=O)C1(N)CCC(Oc2ccc(F)cc2)C1. The number of halogens is 1. The molecule has 0 radical (unpaired) electrons. The quantitative estimate of drug-likeness (QED) is 0.832. The van der Waals surface area contributed by atoms with Crippen LogP contribution in [0.25, 0.3) is 0 Å². The van der Waals surface area contributed by atoms with Gasteiger partial charge in [-0.3, -0.25) is 4.79 Å². The van der Waals surface area contributed by atoms with E-state index in [9.17, 15) is 9.18 Å². The molecule has 1 aromatic rings. The molecule has 0 spiro atoms. The van der Waals surface area contributed by atoms with E-state index in [1.54, 1.807) is 12.1 Å². The summed E-state index contributed by atoms with van der Waals surface area (Å²) in [7, 11) is 1.32. The van der Waals surface area contributed by atoms with Crippen molar-refractivity contribution in [2.45, 2.75) is 30.9 Å². The van der Waals surface area contributed by atoms with Crippen LogP contribution in [0.1, 0.15) is 19.3 Å². The van der Waals surface area contributed by atoms with Gasteiger partial charge in [0.2, 0.25) is 0 Å². The minimum absolute atomic E-state index is 0.139. The number of carbonyl (C=O) groups excluding carboxylic acids is 1. The number of esters is 1. The summed E-state index contributed by atoms with van der Waals surface area (Å²) >= 11 is 0. The number of hydrogen-bond donors (Lipinski definition) is 1. The van der Waals surface area contributed by atoms with Gasteiger partial charge in [0.1, 0.15) is 23.2 Å². The van der Waals surface area contributed by atoms with Crippen LogP contribution >= 0.6 is 0 Å². The Morgan fingerprint density at radius 3 is 2.72 bits per heavy atom. The minimum atomic E-state index is -0.959. The fourth-order valence-corrected chi connectivity index (χ4v) is 2.22. The Balaban J connectivity index is 1.97. The number of methoxy groups -OCH3 is 1. The molecule has 0 bridgehead atoms. The predicted octanol–water partition coefficient (Wildman–Crippen LogP) is 1.63. The van der Waals surface area contributed by atoms with Gasteiger partial charge in [0.05, 0.1) is 7.11 Å². The second kappa shape index (κ2) is 4.94. The fraction of sp³-hybridized carbons (Fsp3) is 0.462.